The Labute approximate surface area is 143 Å². The summed E-state index contributed by atoms with van der Waals surface area (Å²) in [5.74, 6) is -1.17. The highest BCUT2D eigenvalue weighted by atomic mass is 16.6. The number of aliphatic carboxylic acids is 1. The summed E-state index contributed by atoms with van der Waals surface area (Å²) in [5.41, 5.74) is 0.846. The number of esters is 1. The lowest BCUT2D eigenvalue weighted by Gasteiger charge is -2.09. The Hall–Kier alpha value is -1.66. The molecule has 0 aromatic heterocycles. The molecule has 2 rings (SSSR count). The van der Waals surface area contributed by atoms with E-state index in [1.807, 2.05) is 0 Å². The first-order valence-electron chi connectivity index (χ1n) is 8.36. The molecule has 0 radical (unpaired) electrons. The van der Waals surface area contributed by atoms with E-state index < -0.39 is 5.97 Å². The lowest BCUT2D eigenvalue weighted by molar-refractivity contribution is -0.142. The zero-order valence-electron chi connectivity index (χ0n) is 14.6. The van der Waals surface area contributed by atoms with Gasteiger partial charge in [-0.15, -0.1) is 0 Å². The van der Waals surface area contributed by atoms with Gasteiger partial charge in [0.25, 0.3) is 0 Å². The smallest absolute Gasteiger partial charge is 0.333 e. The van der Waals surface area contributed by atoms with Crippen LogP contribution in [0.5, 0.6) is 0 Å². The summed E-state index contributed by atoms with van der Waals surface area (Å²) < 4.78 is 15.5. The molecule has 2 unspecified atom stereocenters. The third kappa shape index (κ3) is 8.26. The van der Waals surface area contributed by atoms with Gasteiger partial charge < -0.3 is 19.3 Å². The van der Waals surface area contributed by atoms with E-state index in [1.54, 1.807) is 19.9 Å². The van der Waals surface area contributed by atoms with E-state index in [-0.39, 0.29) is 18.2 Å². The normalized spacial score (nSPS) is 23.3. The Balaban J connectivity index is 0.000000240. The molecule has 2 aliphatic rings. The molecule has 0 aliphatic carbocycles. The standard InChI is InChI=1S/2C9H14O3/c1-7(2)9(10)12-6-8-4-3-5-11-8;1-7(9(10)11)4-5-8-3-2-6-12-8/h8H,1,3-6H2,2H3;4,8H,2-3,5-6H2,1H3,(H,10,11). The Kier molecular flexibility index (Phi) is 9.34. The average Bonchev–Trinajstić information content (AvgIpc) is 3.23. The van der Waals surface area contributed by atoms with E-state index >= 15 is 0 Å². The van der Waals surface area contributed by atoms with Crippen molar-refractivity contribution in [3.63, 3.8) is 0 Å². The van der Waals surface area contributed by atoms with Gasteiger partial charge in [-0.25, -0.2) is 9.59 Å². The fourth-order valence-corrected chi connectivity index (χ4v) is 2.29. The van der Waals surface area contributed by atoms with Gasteiger partial charge in [-0.05, 0) is 46.0 Å². The molecule has 0 aromatic carbocycles. The van der Waals surface area contributed by atoms with Gasteiger partial charge in [-0.3, -0.25) is 0 Å². The highest BCUT2D eigenvalue weighted by Gasteiger charge is 2.17. The maximum absolute atomic E-state index is 10.9. The lowest BCUT2D eigenvalue weighted by atomic mass is 10.1. The van der Waals surface area contributed by atoms with Crippen molar-refractivity contribution in [1.29, 1.82) is 0 Å². The van der Waals surface area contributed by atoms with Crippen molar-refractivity contribution in [1.82, 2.24) is 0 Å². The first kappa shape index (κ1) is 20.4. The monoisotopic (exact) mass is 340 g/mol. The number of carbonyl (C=O) groups excluding carboxylic acids is 1. The number of hydrogen-bond acceptors (Lipinski definition) is 5. The van der Waals surface area contributed by atoms with Crippen LogP contribution in [0.3, 0.4) is 0 Å². The van der Waals surface area contributed by atoms with Crippen LogP contribution in [0, 0.1) is 0 Å². The highest BCUT2D eigenvalue weighted by Crippen LogP contribution is 2.16. The molecule has 0 bridgehead atoms. The van der Waals surface area contributed by atoms with Crippen LogP contribution in [-0.2, 0) is 23.8 Å². The van der Waals surface area contributed by atoms with E-state index in [1.165, 1.54) is 0 Å². The molecule has 1 N–H and O–H groups in total. The predicted molar refractivity (Wildman–Crippen MR) is 89.7 cm³/mol. The molecule has 2 atom stereocenters. The topological polar surface area (TPSA) is 82.1 Å². The van der Waals surface area contributed by atoms with Gasteiger partial charge in [0, 0.05) is 24.4 Å². The van der Waals surface area contributed by atoms with Crippen molar-refractivity contribution < 1.29 is 28.9 Å². The van der Waals surface area contributed by atoms with Crippen molar-refractivity contribution in [2.45, 2.75) is 58.2 Å². The maximum atomic E-state index is 10.9. The van der Waals surface area contributed by atoms with Crippen LogP contribution >= 0.6 is 0 Å². The number of carboxylic acid groups (broad SMARTS) is 1. The van der Waals surface area contributed by atoms with Gasteiger partial charge in [0.15, 0.2) is 0 Å². The molecular formula is C18H28O6. The zero-order chi connectivity index (χ0) is 17.9. The highest BCUT2D eigenvalue weighted by molar-refractivity contribution is 5.87. The molecule has 0 spiro atoms. The number of rotatable bonds is 6. The average molecular weight is 340 g/mol. The number of ether oxygens (including phenoxy) is 3. The van der Waals surface area contributed by atoms with Crippen molar-refractivity contribution in [3.05, 3.63) is 23.8 Å². The summed E-state index contributed by atoms with van der Waals surface area (Å²) in [7, 11) is 0. The minimum Gasteiger partial charge on any atom is -0.478 e. The minimum absolute atomic E-state index is 0.105. The predicted octanol–water partition coefficient (Wildman–Crippen LogP) is 2.87. The molecule has 6 nitrogen and oxygen atoms in total. The number of carboxylic acids is 1. The summed E-state index contributed by atoms with van der Waals surface area (Å²) in [5, 5.41) is 8.55. The van der Waals surface area contributed by atoms with E-state index in [0.29, 0.717) is 17.8 Å². The summed E-state index contributed by atoms with van der Waals surface area (Å²) in [6.07, 6.45) is 7.04. The van der Waals surface area contributed by atoms with Crippen LogP contribution in [0.15, 0.2) is 23.8 Å². The minimum atomic E-state index is -0.840. The number of hydrogen-bond donors (Lipinski definition) is 1. The quantitative estimate of drug-likeness (QED) is 0.591. The summed E-state index contributed by atoms with van der Waals surface area (Å²) in [4.78, 5) is 21.3. The fourth-order valence-electron chi connectivity index (χ4n) is 2.29. The van der Waals surface area contributed by atoms with Gasteiger partial charge in [0.2, 0.25) is 0 Å². The molecule has 136 valence electrons. The Bertz CT molecular complexity index is 456. The molecule has 2 aliphatic heterocycles. The van der Waals surface area contributed by atoms with Crippen LogP contribution in [0.2, 0.25) is 0 Å². The van der Waals surface area contributed by atoms with Gasteiger partial charge in [-0.2, -0.15) is 0 Å². The van der Waals surface area contributed by atoms with E-state index in [2.05, 4.69) is 6.58 Å². The molecular weight excluding hydrogens is 312 g/mol. The van der Waals surface area contributed by atoms with Crippen molar-refractivity contribution in [2.75, 3.05) is 19.8 Å². The zero-order valence-corrected chi connectivity index (χ0v) is 14.6. The van der Waals surface area contributed by atoms with Crippen LogP contribution < -0.4 is 0 Å². The summed E-state index contributed by atoms with van der Waals surface area (Å²) in [6.45, 7) is 8.71. The summed E-state index contributed by atoms with van der Waals surface area (Å²) in [6, 6.07) is 0. The fraction of sp³-hybridized carbons (Fsp3) is 0.667. The van der Waals surface area contributed by atoms with Gasteiger partial charge in [0.05, 0.1) is 12.2 Å². The second kappa shape index (κ2) is 11.0. The number of carbonyl (C=O) groups is 2. The molecule has 0 saturated carbocycles. The third-order valence-electron chi connectivity index (χ3n) is 3.82. The first-order valence-corrected chi connectivity index (χ1v) is 8.36. The van der Waals surface area contributed by atoms with E-state index in [4.69, 9.17) is 19.3 Å². The van der Waals surface area contributed by atoms with E-state index in [0.717, 1.165) is 45.3 Å². The van der Waals surface area contributed by atoms with Crippen LogP contribution in [0.1, 0.15) is 46.0 Å². The Morgan fingerprint density at radius 3 is 2.21 bits per heavy atom. The van der Waals surface area contributed by atoms with Crippen molar-refractivity contribution in [2.24, 2.45) is 0 Å². The SMILES string of the molecule is C=C(C)C(=O)OCC1CCCO1.CC(=CCC1CCCO1)C(=O)O. The van der Waals surface area contributed by atoms with Gasteiger partial charge in [0.1, 0.15) is 6.61 Å². The molecule has 2 heterocycles. The summed E-state index contributed by atoms with van der Waals surface area (Å²) >= 11 is 0. The van der Waals surface area contributed by atoms with Crippen molar-refractivity contribution in [3.8, 4) is 0 Å². The first-order chi connectivity index (χ1) is 11.4. The van der Waals surface area contributed by atoms with Crippen LogP contribution in [0.25, 0.3) is 0 Å². The Morgan fingerprint density at radius 1 is 1.17 bits per heavy atom. The molecule has 0 amide bonds. The van der Waals surface area contributed by atoms with Crippen LogP contribution in [0.4, 0.5) is 0 Å². The maximum Gasteiger partial charge on any atom is 0.333 e. The van der Waals surface area contributed by atoms with Crippen molar-refractivity contribution >= 4 is 11.9 Å². The van der Waals surface area contributed by atoms with Gasteiger partial charge in [-0.1, -0.05) is 12.7 Å². The lowest BCUT2D eigenvalue weighted by Crippen LogP contribution is -2.17. The Morgan fingerprint density at radius 2 is 1.75 bits per heavy atom. The van der Waals surface area contributed by atoms with Crippen LogP contribution in [-0.4, -0.2) is 49.1 Å². The van der Waals surface area contributed by atoms with E-state index in [9.17, 15) is 9.59 Å². The van der Waals surface area contributed by atoms with Gasteiger partial charge >= 0.3 is 11.9 Å². The second-order valence-corrected chi connectivity index (χ2v) is 6.08. The molecule has 24 heavy (non-hydrogen) atoms. The molecule has 6 heteroatoms. The molecule has 2 fully saturated rings. The largest absolute Gasteiger partial charge is 0.478 e. The molecule has 2 saturated heterocycles. The third-order valence-corrected chi connectivity index (χ3v) is 3.82. The second-order valence-electron chi connectivity index (χ2n) is 6.08. The molecule has 0 aromatic rings.